The normalized spacial score (nSPS) is 20.7. The third kappa shape index (κ3) is 1.48. The number of carbonyl (C=O) groups excluding carboxylic acids is 2. The lowest BCUT2D eigenvalue weighted by molar-refractivity contribution is -0.115. The first kappa shape index (κ1) is 9.55. The van der Waals surface area contributed by atoms with E-state index in [-0.39, 0.29) is 6.04 Å². The first-order valence-electron chi connectivity index (χ1n) is 3.50. The summed E-state index contributed by atoms with van der Waals surface area (Å²) in [5.74, 6) is 9.28. The van der Waals surface area contributed by atoms with Crippen molar-refractivity contribution in [2.24, 2.45) is 11.8 Å². The SMILES string of the molecule is CC1CN(C(=O)ON)N1C(=O)ON. The molecule has 0 spiro atoms. The average molecular weight is 190 g/mol. The smallest absolute Gasteiger partial charge is 0.355 e. The van der Waals surface area contributed by atoms with E-state index in [4.69, 9.17) is 0 Å². The van der Waals surface area contributed by atoms with Gasteiger partial charge in [-0.3, -0.25) is 0 Å². The molecule has 0 bridgehead atoms. The molecule has 0 aromatic rings. The summed E-state index contributed by atoms with van der Waals surface area (Å²) >= 11 is 0. The Morgan fingerprint density at radius 2 is 1.85 bits per heavy atom. The summed E-state index contributed by atoms with van der Waals surface area (Å²) in [6, 6.07) is -0.157. The van der Waals surface area contributed by atoms with E-state index in [1.54, 1.807) is 6.92 Å². The minimum atomic E-state index is -0.830. The van der Waals surface area contributed by atoms with Gasteiger partial charge in [0.25, 0.3) is 0 Å². The number of carbonyl (C=O) groups is 2. The Balaban J connectivity index is 2.61. The van der Waals surface area contributed by atoms with E-state index >= 15 is 0 Å². The third-order valence-electron chi connectivity index (χ3n) is 1.71. The molecule has 1 rings (SSSR count). The predicted octanol–water partition coefficient (Wildman–Crippen LogP) is -1.07. The summed E-state index contributed by atoms with van der Waals surface area (Å²) in [5, 5.41) is 2.00. The van der Waals surface area contributed by atoms with Crippen molar-refractivity contribution in [2.45, 2.75) is 13.0 Å². The largest absolute Gasteiger partial charge is 0.448 e. The fourth-order valence-corrected chi connectivity index (χ4v) is 1.11. The molecule has 4 N–H and O–H groups in total. The molecule has 0 aliphatic carbocycles. The van der Waals surface area contributed by atoms with Crippen molar-refractivity contribution in [3.8, 4) is 0 Å². The second-order valence-electron chi connectivity index (χ2n) is 2.54. The van der Waals surface area contributed by atoms with Crippen LogP contribution in [0.25, 0.3) is 0 Å². The van der Waals surface area contributed by atoms with Gasteiger partial charge in [-0.05, 0) is 6.92 Å². The van der Waals surface area contributed by atoms with Crippen molar-refractivity contribution < 1.29 is 19.3 Å². The highest BCUT2D eigenvalue weighted by Gasteiger charge is 2.42. The van der Waals surface area contributed by atoms with Gasteiger partial charge in [-0.25, -0.2) is 19.6 Å². The Morgan fingerprint density at radius 3 is 2.23 bits per heavy atom. The van der Waals surface area contributed by atoms with Crippen LogP contribution in [0.3, 0.4) is 0 Å². The molecular weight excluding hydrogens is 180 g/mol. The zero-order valence-electron chi connectivity index (χ0n) is 6.97. The van der Waals surface area contributed by atoms with E-state index in [2.05, 4.69) is 21.5 Å². The molecule has 8 heteroatoms. The Labute approximate surface area is 73.8 Å². The lowest BCUT2D eigenvalue weighted by Crippen LogP contribution is -2.67. The van der Waals surface area contributed by atoms with E-state index in [0.717, 1.165) is 10.0 Å². The van der Waals surface area contributed by atoms with Gasteiger partial charge in [0.2, 0.25) is 0 Å². The molecule has 1 fully saturated rings. The van der Waals surface area contributed by atoms with Crippen molar-refractivity contribution >= 4 is 12.2 Å². The van der Waals surface area contributed by atoms with Crippen LogP contribution >= 0.6 is 0 Å². The van der Waals surface area contributed by atoms with Gasteiger partial charge < -0.3 is 9.68 Å². The van der Waals surface area contributed by atoms with E-state index in [1.807, 2.05) is 0 Å². The minimum Gasteiger partial charge on any atom is -0.355 e. The second kappa shape index (κ2) is 3.46. The number of hydrogen-bond acceptors (Lipinski definition) is 6. The Hall–Kier alpha value is -1.54. The summed E-state index contributed by atoms with van der Waals surface area (Å²) in [6.07, 6.45) is -1.66. The maximum atomic E-state index is 10.9. The van der Waals surface area contributed by atoms with Gasteiger partial charge >= 0.3 is 12.2 Å². The molecule has 2 amide bonds. The maximum Gasteiger partial charge on any atom is 0.448 e. The van der Waals surface area contributed by atoms with Gasteiger partial charge in [0.05, 0.1) is 12.6 Å². The molecule has 1 heterocycles. The fraction of sp³-hybridized carbons (Fsp3) is 0.600. The van der Waals surface area contributed by atoms with Gasteiger partial charge in [-0.2, -0.15) is 11.8 Å². The highest BCUT2D eigenvalue weighted by Crippen LogP contribution is 2.19. The molecule has 0 aromatic carbocycles. The van der Waals surface area contributed by atoms with Gasteiger partial charge in [0, 0.05) is 0 Å². The van der Waals surface area contributed by atoms with Gasteiger partial charge in [-0.1, -0.05) is 0 Å². The number of rotatable bonds is 0. The predicted molar refractivity (Wildman–Crippen MR) is 39.3 cm³/mol. The molecule has 1 saturated heterocycles. The van der Waals surface area contributed by atoms with Crippen LogP contribution in [0.2, 0.25) is 0 Å². The summed E-state index contributed by atoms with van der Waals surface area (Å²) < 4.78 is 0. The Bertz CT molecular complexity index is 233. The van der Waals surface area contributed by atoms with E-state index in [9.17, 15) is 9.59 Å². The quantitative estimate of drug-likeness (QED) is 0.470. The highest BCUT2D eigenvalue weighted by molar-refractivity contribution is 5.75. The van der Waals surface area contributed by atoms with Gasteiger partial charge in [0.1, 0.15) is 0 Å². The number of nitrogens with two attached hydrogens (primary N) is 2. The summed E-state index contributed by atoms with van der Waals surface area (Å²) in [4.78, 5) is 29.7. The summed E-state index contributed by atoms with van der Waals surface area (Å²) in [6.45, 7) is 2.06. The molecule has 0 aromatic heterocycles. The minimum absolute atomic E-state index is 0.157. The van der Waals surface area contributed by atoms with Crippen LogP contribution in [0.15, 0.2) is 0 Å². The number of hydrogen-bond donors (Lipinski definition) is 2. The van der Waals surface area contributed by atoms with Crippen molar-refractivity contribution in [1.82, 2.24) is 10.0 Å². The molecule has 1 aliphatic rings. The molecule has 74 valence electrons. The van der Waals surface area contributed by atoms with Crippen molar-refractivity contribution in [3.05, 3.63) is 0 Å². The molecule has 0 radical (unpaired) electrons. The standard InChI is InChI=1S/C5H10N4O4/c1-3-2-8(4(10)12-6)9(3)5(11)13-7/h3H,2,6-7H2,1H3. The van der Waals surface area contributed by atoms with Crippen LogP contribution in [0, 0.1) is 0 Å². The van der Waals surface area contributed by atoms with E-state index in [1.165, 1.54) is 0 Å². The lowest BCUT2D eigenvalue weighted by atomic mass is 10.2. The maximum absolute atomic E-state index is 10.9. The molecule has 1 unspecified atom stereocenters. The van der Waals surface area contributed by atoms with Crippen LogP contribution in [0.5, 0.6) is 0 Å². The second-order valence-corrected chi connectivity index (χ2v) is 2.54. The Kier molecular flexibility index (Phi) is 2.54. The van der Waals surface area contributed by atoms with Gasteiger partial charge in [-0.15, -0.1) is 0 Å². The van der Waals surface area contributed by atoms with Crippen LogP contribution in [-0.4, -0.2) is 34.8 Å². The number of amides is 2. The average Bonchev–Trinajstić information content (AvgIpc) is 2.12. The lowest BCUT2D eigenvalue weighted by Gasteiger charge is -2.45. The van der Waals surface area contributed by atoms with Crippen molar-refractivity contribution in [2.75, 3.05) is 6.54 Å². The first-order chi connectivity index (χ1) is 6.11. The third-order valence-corrected chi connectivity index (χ3v) is 1.71. The molecule has 13 heavy (non-hydrogen) atoms. The fourth-order valence-electron chi connectivity index (χ4n) is 1.11. The zero-order chi connectivity index (χ0) is 10.0. The Morgan fingerprint density at radius 1 is 1.31 bits per heavy atom. The first-order valence-corrected chi connectivity index (χ1v) is 3.50. The van der Waals surface area contributed by atoms with Gasteiger partial charge in [0.15, 0.2) is 0 Å². The topological polar surface area (TPSA) is 111 Å². The molecule has 0 saturated carbocycles. The van der Waals surface area contributed by atoms with Crippen molar-refractivity contribution in [3.63, 3.8) is 0 Å². The van der Waals surface area contributed by atoms with Crippen LogP contribution < -0.4 is 11.8 Å². The highest BCUT2D eigenvalue weighted by atomic mass is 16.7. The van der Waals surface area contributed by atoms with Crippen LogP contribution in [-0.2, 0) is 9.68 Å². The molecule has 1 atom stereocenters. The number of nitrogens with zero attached hydrogens (tertiary/aromatic N) is 2. The summed E-state index contributed by atoms with van der Waals surface area (Å²) in [5.41, 5.74) is 0. The zero-order valence-corrected chi connectivity index (χ0v) is 6.97. The monoisotopic (exact) mass is 190 g/mol. The summed E-state index contributed by atoms with van der Waals surface area (Å²) in [7, 11) is 0. The van der Waals surface area contributed by atoms with Crippen LogP contribution in [0.1, 0.15) is 6.92 Å². The molecule has 1 aliphatic heterocycles. The van der Waals surface area contributed by atoms with E-state index in [0.29, 0.717) is 6.54 Å². The molecule has 8 nitrogen and oxygen atoms in total. The molecular formula is C5H10N4O4. The number of hydrazine groups is 1. The van der Waals surface area contributed by atoms with Crippen LogP contribution in [0.4, 0.5) is 9.59 Å². The van der Waals surface area contributed by atoms with E-state index < -0.39 is 12.2 Å². The van der Waals surface area contributed by atoms with Crippen molar-refractivity contribution in [1.29, 1.82) is 0 Å².